The zero-order chi connectivity index (χ0) is 15.0. The number of nitrogens with one attached hydrogen (secondary N) is 2. The summed E-state index contributed by atoms with van der Waals surface area (Å²) in [7, 11) is 1.57. The summed E-state index contributed by atoms with van der Waals surface area (Å²) in [5, 5.41) is 8.94. The van der Waals surface area contributed by atoms with E-state index in [2.05, 4.69) is 19.9 Å². The van der Waals surface area contributed by atoms with Crippen molar-refractivity contribution in [3.05, 3.63) is 20.8 Å². The molecule has 1 fully saturated rings. The predicted octanol–water partition coefficient (Wildman–Crippen LogP) is -1.94. The van der Waals surface area contributed by atoms with Crippen molar-refractivity contribution in [2.45, 2.75) is 0 Å². The molecule has 2 aromatic heterocycles. The SMILES string of the molecule is Cn1c(=O)[nH]c(=O)c2[nH]c(N3CCN(CCO)CC3)nc21. The summed E-state index contributed by atoms with van der Waals surface area (Å²) in [4.78, 5) is 37.2. The number of hydrogen-bond acceptors (Lipinski definition) is 6. The molecule has 21 heavy (non-hydrogen) atoms. The van der Waals surface area contributed by atoms with Crippen LogP contribution in [-0.4, -0.2) is 68.9 Å². The maximum Gasteiger partial charge on any atom is 0.329 e. The smallest absolute Gasteiger partial charge is 0.329 e. The number of aromatic nitrogens is 4. The first-order chi connectivity index (χ1) is 10.1. The molecule has 1 aliphatic heterocycles. The third-order valence-corrected chi connectivity index (χ3v) is 3.83. The normalized spacial score (nSPS) is 16.8. The summed E-state index contributed by atoms with van der Waals surface area (Å²) in [5.41, 5.74) is -0.259. The molecule has 2 aromatic rings. The average Bonchev–Trinajstić information content (AvgIpc) is 2.92. The quantitative estimate of drug-likeness (QED) is 0.608. The number of anilines is 1. The third kappa shape index (κ3) is 2.45. The van der Waals surface area contributed by atoms with Crippen LogP contribution in [0.2, 0.25) is 0 Å². The fourth-order valence-electron chi connectivity index (χ4n) is 2.57. The minimum atomic E-state index is -0.474. The van der Waals surface area contributed by atoms with Crippen molar-refractivity contribution in [3.63, 3.8) is 0 Å². The molecule has 9 nitrogen and oxygen atoms in total. The van der Waals surface area contributed by atoms with E-state index in [1.54, 1.807) is 7.05 Å². The molecule has 1 saturated heterocycles. The van der Waals surface area contributed by atoms with Crippen LogP contribution in [0.3, 0.4) is 0 Å². The minimum Gasteiger partial charge on any atom is -0.395 e. The highest BCUT2D eigenvalue weighted by Crippen LogP contribution is 2.15. The van der Waals surface area contributed by atoms with Gasteiger partial charge in [0.05, 0.1) is 6.61 Å². The number of aromatic amines is 2. The number of aliphatic hydroxyl groups excluding tert-OH is 1. The molecule has 3 heterocycles. The number of aryl methyl sites for hydroxylation is 1. The molecule has 0 amide bonds. The Morgan fingerprint density at radius 3 is 2.57 bits per heavy atom. The van der Waals surface area contributed by atoms with Gasteiger partial charge in [0.1, 0.15) is 0 Å². The van der Waals surface area contributed by atoms with Crippen LogP contribution in [0, 0.1) is 0 Å². The number of piperazine rings is 1. The van der Waals surface area contributed by atoms with E-state index in [9.17, 15) is 9.59 Å². The second-order valence-corrected chi connectivity index (χ2v) is 5.13. The van der Waals surface area contributed by atoms with Gasteiger partial charge in [0.2, 0.25) is 5.95 Å². The van der Waals surface area contributed by atoms with Crippen LogP contribution < -0.4 is 16.1 Å². The van der Waals surface area contributed by atoms with Gasteiger partial charge in [-0.1, -0.05) is 0 Å². The van der Waals surface area contributed by atoms with E-state index in [4.69, 9.17) is 5.11 Å². The van der Waals surface area contributed by atoms with Crippen LogP contribution in [0.25, 0.3) is 11.2 Å². The second-order valence-electron chi connectivity index (χ2n) is 5.13. The van der Waals surface area contributed by atoms with E-state index in [-0.39, 0.29) is 6.61 Å². The summed E-state index contributed by atoms with van der Waals surface area (Å²) in [6.07, 6.45) is 0. The highest BCUT2D eigenvalue weighted by Gasteiger charge is 2.20. The van der Waals surface area contributed by atoms with Gasteiger partial charge >= 0.3 is 5.69 Å². The second kappa shape index (κ2) is 5.34. The lowest BCUT2D eigenvalue weighted by atomic mass is 10.3. The topological polar surface area (TPSA) is 110 Å². The van der Waals surface area contributed by atoms with Gasteiger partial charge in [-0.3, -0.25) is 19.2 Å². The van der Waals surface area contributed by atoms with E-state index in [0.29, 0.717) is 23.7 Å². The molecule has 3 rings (SSSR count). The lowest BCUT2D eigenvalue weighted by molar-refractivity contribution is 0.188. The van der Waals surface area contributed by atoms with Gasteiger partial charge in [0.25, 0.3) is 5.56 Å². The molecule has 0 aliphatic carbocycles. The van der Waals surface area contributed by atoms with Crippen molar-refractivity contribution in [1.82, 2.24) is 24.4 Å². The summed E-state index contributed by atoms with van der Waals surface area (Å²) in [5.74, 6) is 0.598. The molecule has 0 unspecified atom stereocenters. The molecule has 0 bridgehead atoms. The first kappa shape index (κ1) is 13.8. The van der Waals surface area contributed by atoms with Gasteiger partial charge in [0.15, 0.2) is 11.2 Å². The monoisotopic (exact) mass is 294 g/mol. The van der Waals surface area contributed by atoms with E-state index in [1.807, 2.05) is 4.90 Å². The van der Waals surface area contributed by atoms with Crippen LogP contribution in [0.5, 0.6) is 0 Å². The van der Waals surface area contributed by atoms with Crippen molar-refractivity contribution in [2.75, 3.05) is 44.2 Å². The standard InChI is InChI=1S/C12H18N6O3/c1-16-9-8(10(20)15-12(16)21)13-11(14-9)18-4-2-17(3-5-18)6-7-19/h19H,2-7H2,1H3,(H,13,14)(H,15,20,21). The number of rotatable bonds is 3. The van der Waals surface area contributed by atoms with Gasteiger partial charge in [-0.2, -0.15) is 4.98 Å². The summed E-state index contributed by atoms with van der Waals surface area (Å²) in [6, 6.07) is 0. The van der Waals surface area contributed by atoms with Crippen molar-refractivity contribution in [2.24, 2.45) is 7.05 Å². The van der Waals surface area contributed by atoms with Crippen LogP contribution in [0.4, 0.5) is 5.95 Å². The van der Waals surface area contributed by atoms with Crippen LogP contribution in [0.15, 0.2) is 9.59 Å². The Labute approximate surface area is 119 Å². The molecular formula is C12H18N6O3. The van der Waals surface area contributed by atoms with E-state index in [0.717, 1.165) is 26.2 Å². The molecule has 1 aliphatic rings. The largest absolute Gasteiger partial charge is 0.395 e. The Balaban J connectivity index is 1.89. The van der Waals surface area contributed by atoms with E-state index in [1.165, 1.54) is 4.57 Å². The van der Waals surface area contributed by atoms with E-state index >= 15 is 0 Å². The highest BCUT2D eigenvalue weighted by atomic mass is 16.3. The highest BCUT2D eigenvalue weighted by molar-refractivity contribution is 5.72. The molecule has 0 spiro atoms. The maximum atomic E-state index is 11.8. The first-order valence-electron chi connectivity index (χ1n) is 6.87. The number of aliphatic hydroxyl groups is 1. The molecule has 0 aromatic carbocycles. The third-order valence-electron chi connectivity index (χ3n) is 3.83. The number of nitrogens with zero attached hydrogens (tertiary/aromatic N) is 4. The zero-order valence-corrected chi connectivity index (χ0v) is 11.8. The molecular weight excluding hydrogens is 276 g/mol. The molecule has 3 N–H and O–H groups in total. The number of imidazole rings is 1. The summed E-state index contributed by atoms with van der Waals surface area (Å²) >= 11 is 0. The Kier molecular flexibility index (Phi) is 3.52. The average molecular weight is 294 g/mol. The van der Waals surface area contributed by atoms with Crippen molar-refractivity contribution in [3.8, 4) is 0 Å². The first-order valence-corrected chi connectivity index (χ1v) is 6.87. The Morgan fingerprint density at radius 1 is 1.19 bits per heavy atom. The fraction of sp³-hybridized carbons (Fsp3) is 0.583. The maximum absolute atomic E-state index is 11.8. The van der Waals surface area contributed by atoms with Gasteiger partial charge in [0, 0.05) is 39.8 Å². The van der Waals surface area contributed by atoms with Gasteiger partial charge in [-0.05, 0) is 0 Å². The van der Waals surface area contributed by atoms with E-state index < -0.39 is 11.2 Å². The molecule has 114 valence electrons. The summed E-state index contributed by atoms with van der Waals surface area (Å²) in [6.45, 7) is 3.99. The summed E-state index contributed by atoms with van der Waals surface area (Å²) < 4.78 is 1.32. The number of hydrogen-bond donors (Lipinski definition) is 3. The lowest BCUT2D eigenvalue weighted by Crippen LogP contribution is -2.47. The van der Waals surface area contributed by atoms with Crippen molar-refractivity contribution >= 4 is 17.1 Å². The number of H-pyrrole nitrogens is 2. The Hall–Kier alpha value is -2.13. The van der Waals surface area contributed by atoms with Gasteiger partial charge < -0.3 is 15.0 Å². The number of fused-ring (bicyclic) bond motifs is 1. The van der Waals surface area contributed by atoms with Crippen LogP contribution in [-0.2, 0) is 7.05 Å². The lowest BCUT2D eigenvalue weighted by Gasteiger charge is -2.34. The predicted molar refractivity (Wildman–Crippen MR) is 77.7 cm³/mol. The molecule has 0 saturated carbocycles. The van der Waals surface area contributed by atoms with Crippen molar-refractivity contribution < 1.29 is 5.11 Å². The minimum absolute atomic E-state index is 0.155. The van der Waals surface area contributed by atoms with Crippen LogP contribution in [0.1, 0.15) is 0 Å². The fourth-order valence-corrected chi connectivity index (χ4v) is 2.57. The Morgan fingerprint density at radius 2 is 1.90 bits per heavy atom. The van der Waals surface area contributed by atoms with Gasteiger partial charge in [-0.15, -0.1) is 0 Å². The zero-order valence-electron chi connectivity index (χ0n) is 11.8. The molecule has 0 radical (unpaired) electrons. The van der Waals surface area contributed by atoms with Crippen LogP contribution >= 0.6 is 0 Å². The Bertz CT molecular complexity index is 752. The van der Waals surface area contributed by atoms with Crippen molar-refractivity contribution in [1.29, 1.82) is 0 Å². The molecule has 9 heteroatoms. The van der Waals surface area contributed by atoms with Gasteiger partial charge in [-0.25, -0.2) is 4.79 Å². The number of β-amino-alcohol motifs (C(OH)–C–C–N with tert-alkyl or cyclic N) is 1. The molecule has 0 atom stereocenters.